The Hall–Kier alpha value is -2.56. The van der Waals surface area contributed by atoms with E-state index in [1.165, 1.54) is 36.0 Å². The Balaban J connectivity index is 2.25. The highest BCUT2D eigenvalue weighted by Gasteiger charge is 2.17. The van der Waals surface area contributed by atoms with E-state index in [1.807, 2.05) is 6.07 Å². The van der Waals surface area contributed by atoms with Crippen molar-refractivity contribution in [1.29, 1.82) is 5.26 Å². The lowest BCUT2D eigenvalue weighted by atomic mass is 10.1. The summed E-state index contributed by atoms with van der Waals surface area (Å²) in [6, 6.07) is 11.0. The van der Waals surface area contributed by atoms with E-state index in [0.717, 1.165) is 0 Å². The van der Waals surface area contributed by atoms with Gasteiger partial charge in [-0.15, -0.1) is 11.8 Å². The van der Waals surface area contributed by atoms with Gasteiger partial charge in [0.15, 0.2) is 0 Å². The largest absolute Gasteiger partial charge is 0.366 e. The number of rotatable bonds is 5. The summed E-state index contributed by atoms with van der Waals surface area (Å²) in [6.07, 6.45) is 0. The average molecular weight is 348 g/mol. The summed E-state index contributed by atoms with van der Waals surface area (Å²) in [5.74, 6) is -0.427. The highest BCUT2D eigenvalue weighted by Crippen LogP contribution is 2.33. The Labute approximate surface area is 141 Å². The molecule has 0 fully saturated rings. The van der Waals surface area contributed by atoms with Crippen LogP contribution in [0, 0.1) is 21.4 Å². The van der Waals surface area contributed by atoms with Crippen molar-refractivity contribution in [3.63, 3.8) is 0 Å². The lowest BCUT2D eigenvalue weighted by Gasteiger charge is -2.06. The molecule has 0 aliphatic rings. The third-order valence-electron chi connectivity index (χ3n) is 3.01. The van der Waals surface area contributed by atoms with Crippen LogP contribution in [-0.4, -0.2) is 10.8 Å². The number of primary amides is 1. The molecule has 0 unspecified atom stereocenters. The highest BCUT2D eigenvalue weighted by molar-refractivity contribution is 7.98. The summed E-state index contributed by atoms with van der Waals surface area (Å²) in [4.78, 5) is 22.4. The quantitative estimate of drug-likeness (QED) is 0.505. The molecule has 6 nitrogen and oxygen atoms in total. The first-order chi connectivity index (χ1) is 10.9. The number of carbonyl (C=O) groups excluding carboxylic acids is 1. The van der Waals surface area contributed by atoms with Gasteiger partial charge in [-0.25, -0.2) is 0 Å². The fourth-order valence-corrected chi connectivity index (χ4v) is 3.11. The average Bonchev–Trinajstić information content (AvgIpc) is 2.53. The summed E-state index contributed by atoms with van der Waals surface area (Å²) >= 11 is 7.38. The van der Waals surface area contributed by atoms with Gasteiger partial charge in [0.2, 0.25) is 5.91 Å². The molecule has 0 aromatic heterocycles. The Kier molecular flexibility index (Phi) is 5.21. The Morgan fingerprint density at radius 2 is 2.09 bits per heavy atom. The van der Waals surface area contributed by atoms with Crippen LogP contribution in [0.3, 0.4) is 0 Å². The molecule has 8 heteroatoms. The van der Waals surface area contributed by atoms with Crippen LogP contribution >= 0.6 is 23.4 Å². The van der Waals surface area contributed by atoms with E-state index in [4.69, 9.17) is 22.6 Å². The SMILES string of the molecule is N#Cc1ccc(SCc2ccc(C(N)=O)cc2[N+](=O)[O-])c(Cl)c1. The summed E-state index contributed by atoms with van der Waals surface area (Å²) in [7, 11) is 0. The van der Waals surface area contributed by atoms with Crippen molar-refractivity contribution in [3.8, 4) is 6.07 Å². The van der Waals surface area contributed by atoms with Crippen molar-refractivity contribution < 1.29 is 9.72 Å². The molecular formula is C15H10ClN3O3S. The first-order valence-electron chi connectivity index (χ1n) is 6.32. The van der Waals surface area contributed by atoms with Crippen LogP contribution in [0.25, 0.3) is 0 Å². The van der Waals surface area contributed by atoms with Crippen LogP contribution in [0.15, 0.2) is 41.3 Å². The number of thioether (sulfide) groups is 1. The van der Waals surface area contributed by atoms with E-state index < -0.39 is 10.8 Å². The molecule has 1 amide bonds. The maximum Gasteiger partial charge on any atom is 0.274 e. The summed E-state index contributed by atoms with van der Waals surface area (Å²) < 4.78 is 0. The monoisotopic (exact) mass is 347 g/mol. The molecule has 23 heavy (non-hydrogen) atoms. The summed E-state index contributed by atoms with van der Waals surface area (Å²) in [5, 5.41) is 20.3. The molecule has 2 rings (SSSR count). The van der Waals surface area contributed by atoms with E-state index in [-0.39, 0.29) is 11.3 Å². The van der Waals surface area contributed by atoms with E-state index in [9.17, 15) is 14.9 Å². The maximum atomic E-state index is 11.1. The number of carbonyl (C=O) groups is 1. The number of amides is 1. The number of halogens is 1. The van der Waals surface area contributed by atoms with Crippen LogP contribution in [0.5, 0.6) is 0 Å². The van der Waals surface area contributed by atoms with Crippen molar-refractivity contribution in [1.82, 2.24) is 0 Å². The minimum Gasteiger partial charge on any atom is -0.366 e. The Morgan fingerprint density at radius 1 is 1.35 bits per heavy atom. The molecule has 0 saturated heterocycles. The summed E-state index contributed by atoms with van der Waals surface area (Å²) in [5.41, 5.74) is 5.94. The van der Waals surface area contributed by atoms with Crippen molar-refractivity contribution in [3.05, 3.63) is 68.2 Å². The lowest BCUT2D eigenvalue weighted by Crippen LogP contribution is -2.11. The van der Waals surface area contributed by atoms with E-state index >= 15 is 0 Å². The van der Waals surface area contributed by atoms with Gasteiger partial charge in [0.1, 0.15) is 0 Å². The van der Waals surface area contributed by atoms with Crippen LogP contribution in [-0.2, 0) is 5.75 Å². The fourth-order valence-electron chi connectivity index (χ4n) is 1.85. The van der Waals surface area contributed by atoms with Crippen LogP contribution in [0.1, 0.15) is 21.5 Å². The molecule has 2 N–H and O–H groups in total. The molecule has 0 bridgehead atoms. The molecule has 0 aliphatic carbocycles. The standard InChI is InChI=1S/C15H10ClN3O3S/c16-12-5-9(7-17)1-4-14(12)23-8-11-3-2-10(15(18)20)6-13(11)19(21)22/h1-6H,8H2,(H2,18,20). The summed E-state index contributed by atoms with van der Waals surface area (Å²) in [6.45, 7) is 0. The van der Waals surface area contributed by atoms with Crippen molar-refractivity contribution >= 4 is 35.0 Å². The van der Waals surface area contributed by atoms with Gasteiger partial charge in [-0.3, -0.25) is 14.9 Å². The Bertz CT molecular complexity index is 833. The predicted octanol–water partition coefficient (Wildman–Crippen LogP) is 3.51. The van der Waals surface area contributed by atoms with Gasteiger partial charge in [0.25, 0.3) is 5.69 Å². The topological polar surface area (TPSA) is 110 Å². The zero-order valence-corrected chi connectivity index (χ0v) is 13.2. The number of nitro benzene ring substituents is 1. The number of nitrogens with two attached hydrogens (primary N) is 1. The lowest BCUT2D eigenvalue weighted by molar-refractivity contribution is -0.385. The van der Waals surface area contributed by atoms with Gasteiger partial charge in [-0.2, -0.15) is 5.26 Å². The first kappa shape index (κ1) is 16.8. The maximum absolute atomic E-state index is 11.1. The third-order valence-corrected chi connectivity index (χ3v) is 4.56. The van der Waals surface area contributed by atoms with E-state index in [1.54, 1.807) is 12.1 Å². The third kappa shape index (κ3) is 4.00. The van der Waals surface area contributed by atoms with E-state index in [2.05, 4.69) is 0 Å². The van der Waals surface area contributed by atoms with Crippen molar-refractivity contribution in [2.24, 2.45) is 5.73 Å². The zero-order valence-electron chi connectivity index (χ0n) is 11.7. The second-order valence-electron chi connectivity index (χ2n) is 4.51. The predicted molar refractivity (Wildman–Crippen MR) is 87.3 cm³/mol. The molecule has 0 atom stereocenters. The smallest absolute Gasteiger partial charge is 0.274 e. The van der Waals surface area contributed by atoms with Gasteiger partial charge in [0.05, 0.1) is 21.6 Å². The molecule has 0 spiro atoms. The normalized spacial score (nSPS) is 10.1. The number of hydrogen-bond acceptors (Lipinski definition) is 5. The molecule has 0 saturated carbocycles. The molecule has 0 aliphatic heterocycles. The molecule has 2 aromatic rings. The van der Waals surface area contributed by atoms with Gasteiger partial charge >= 0.3 is 0 Å². The second kappa shape index (κ2) is 7.13. The van der Waals surface area contributed by atoms with Crippen molar-refractivity contribution in [2.75, 3.05) is 0 Å². The number of nitro groups is 1. The minimum atomic E-state index is -0.720. The van der Waals surface area contributed by atoms with Crippen LogP contribution in [0.2, 0.25) is 5.02 Å². The number of nitrogens with zero attached hydrogens (tertiary/aromatic N) is 2. The number of nitriles is 1. The van der Waals surface area contributed by atoms with Gasteiger partial charge in [0, 0.05) is 27.8 Å². The number of hydrogen-bond donors (Lipinski definition) is 1. The fraction of sp³-hybridized carbons (Fsp3) is 0.0667. The molecule has 116 valence electrons. The van der Waals surface area contributed by atoms with Gasteiger partial charge in [-0.1, -0.05) is 17.7 Å². The minimum absolute atomic E-state index is 0.0851. The van der Waals surface area contributed by atoms with Gasteiger partial charge < -0.3 is 5.73 Å². The molecular weight excluding hydrogens is 338 g/mol. The molecule has 0 radical (unpaired) electrons. The highest BCUT2D eigenvalue weighted by atomic mass is 35.5. The first-order valence-corrected chi connectivity index (χ1v) is 7.68. The van der Waals surface area contributed by atoms with Crippen molar-refractivity contribution in [2.45, 2.75) is 10.6 Å². The second-order valence-corrected chi connectivity index (χ2v) is 5.93. The zero-order chi connectivity index (χ0) is 17.0. The Morgan fingerprint density at radius 3 is 2.65 bits per heavy atom. The van der Waals surface area contributed by atoms with Gasteiger partial charge in [-0.05, 0) is 24.3 Å². The van der Waals surface area contributed by atoms with Crippen LogP contribution < -0.4 is 5.73 Å². The van der Waals surface area contributed by atoms with E-state index in [0.29, 0.717) is 26.8 Å². The van der Waals surface area contributed by atoms with Crippen LogP contribution in [0.4, 0.5) is 5.69 Å². The number of benzene rings is 2. The molecule has 2 aromatic carbocycles. The molecule has 0 heterocycles.